The standard InChI is InChI=1S/C28H32N6O/c1-2-16-33(15-1)17-18-35-25-13-11-23(12-14-25)30-28-31-27-8-4-7-26(34(27)32-28)22-5-3-6-24(19-22)29-20-21-9-10-21/h3-8,11-14,19,21,29H,1-2,9-10,15-18,20H2,(H,30,32). The molecule has 6 rings (SSSR count). The molecule has 1 saturated carbocycles. The molecule has 3 heterocycles. The van der Waals surface area contributed by atoms with Crippen molar-refractivity contribution in [1.29, 1.82) is 0 Å². The molecule has 0 bridgehead atoms. The predicted molar refractivity (Wildman–Crippen MR) is 141 cm³/mol. The Bertz CT molecular complexity index is 1270. The lowest BCUT2D eigenvalue weighted by molar-refractivity contribution is 0.238. The Morgan fingerprint density at radius 3 is 2.57 bits per heavy atom. The first kappa shape index (κ1) is 21.9. The molecule has 1 aliphatic carbocycles. The lowest BCUT2D eigenvalue weighted by Crippen LogP contribution is -2.25. The zero-order valence-electron chi connectivity index (χ0n) is 20.0. The van der Waals surface area contributed by atoms with Gasteiger partial charge < -0.3 is 15.4 Å². The van der Waals surface area contributed by atoms with E-state index in [1.807, 2.05) is 40.9 Å². The van der Waals surface area contributed by atoms with Crippen LogP contribution in [0.2, 0.25) is 0 Å². The SMILES string of the molecule is c1cc(NCC2CC2)cc(-c2cccc3nc(Nc4ccc(OCCN5CCCC5)cc4)nn23)c1. The quantitative estimate of drug-likeness (QED) is 0.323. The monoisotopic (exact) mass is 468 g/mol. The number of ether oxygens (including phenoxy) is 1. The fourth-order valence-corrected chi connectivity index (χ4v) is 4.61. The second-order valence-corrected chi connectivity index (χ2v) is 9.57. The van der Waals surface area contributed by atoms with Crippen molar-refractivity contribution in [2.45, 2.75) is 25.7 Å². The van der Waals surface area contributed by atoms with Gasteiger partial charge in [-0.2, -0.15) is 4.98 Å². The van der Waals surface area contributed by atoms with E-state index in [9.17, 15) is 0 Å². The molecule has 2 aliphatic rings. The van der Waals surface area contributed by atoms with Crippen molar-refractivity contribution < 1.29 is 4.74 Å². The van der Waals surface area contributed by atoms with E-state index < -0.39 is 0 Å². The molecule has 35 heavy (non-hydrogen) atoms. The number of likely N-dealkylation sites (tertiary alicyclic amines) is 1. The Morgan fingerprint density at radius 2 is 1.74 bits per heavy atom. The van der Waals surface area contributed by atoms with E-state index >= 15 is 0 Å². The van der Waals surface area contributed by atoms with Crippen LogP contribution in [-0.2, 0) is 0 Å². The Hall–Kier alpha value is -3.58. The molecule has 7 heteroatoms. The summed E-state index contributed by atoms with van der Waals surface area (Å²) in [5.41, 5.74) is 5.01. The van der Waals surface area contributed by atoms with Crippen LogP contribution in [0.15, 0.2) is 66.7 Å². The Labute approximate surface area is 206 Å². The first-order chi connectivity index (χ1) is 17.3. The molecule has 180 valence electrons. The molecular formula is C28H32N6O. The fourth-order valence-electron chi connectivity index (χ4n) is 4.61. The maximum Gasteiger partial charge on any atom is 0.247 e. The molecule has 0 unspecified atom stereocenters. The third kappa shape index (κ3) is 5.41. The number of fused-ring (bicyclic) bond motifs is 1. The summed E-state index contributed by atoms with van der Waals surface area (Å²) in [6.45, 7) is 5.16. The summed E-state index contributed by atoms with van der Waals surface area (Å²) in [5, 5.41) is 11.6. The van der Waals surface area contributed by atoms with Gasteiger partial charge in [-0.1, -0.05) is 18.2 Å². The van der Waals surface area contributed by atoms with Crippen molar-refractivity contribution in [2.75, 3.05) is 43.4 Å². The third-order valence-electron chi connectivity index (χ3n) is 6.80. The van der Waals surface area contributed by atoms with Crippen molar-refractivity contribution in [3.05, 3.63) is 66.7 Å². The van der Waals surface area contributed by atoms with Crippen LogP contribution in [-0.4, -0.2) is 52.3 Å². The number of aromatic nitrogens is 3. The van der Waals surface area contributed by atoms with Gasteiger partial charge in [-0.05, 0) is 93.2 Å². The van der Waals surface area contributed by atoms with Gasteiger partial charge >= 0.3 is 0 Å². The smallest absolute Gasteiger partial charge is 0.247 e. The highest BCUT2D eigenvalue weighted by molar-refractivity contribution is 5.68. The minimum absolute atomic E-state index is 0.572. The highest BCUT2D eigenvalue weighted by Crippen LogP contribution is 2.30. The number of nitrogens with zero attached hydrogens (tertiary/aromatic N) is 4. The van der Waals surface area contributed by atoms with E-state index in [1.165, 1.54) is 38.8 Å². The maximum atomic E-state index is 5.92. The van der Waals surface area contributed by atoms with Crippen molar-refractivity contribution >= 4 is 23.0 Å². The van der Waals surface area contributed by atoms with Crippen molar-refractivity contribution in [1.82, 2.24) is 19.5 Å². The molecule has 0 atom stereocenters. The van der Waals surface area contributed by atoms with E-state index in [-0.39, 0.29) is 0 Å². The van der Waals surface area contributed by atoms with Crippen LogP contribution in [0.1, 0.15) is 25.7 Å². The molecule has 0 amide bonds. The average molecular weight is 469 g/mol. The summed E-state index contributed by atoms with van der Waals surface area (Å²) in [5.74, 6) is 2.29. The van der Waals surface area contributed by atoms with E-state index in [2.05, 4.69) is 50.8 Å². The molecule has 1 saturated heterocycles. The second kappa shape index (κ2) is 9.96. The van der Waals surface area contributed by atoms with Gasteiger partial charge in [0.25, 0.3) is 0 Å². The molecule has 7 nitrogen and oxygen atoms in total. The summed E-state index contributed by atoms with van der Waals surface area (Å²) in [6, 6.07) is 22.6. The lowest BCUT2D eigenvalue weighted by Gasteiger charge is -2.15. The van der Waals surface area contributed by atoms with Crippen molar-refractivity contribution in [3.8, 4) is 17.0 Å². The number of hydrogen-bond donors (Lipinski definition) is 2. The summed E-state index contributed by atoms with van der Waals surface area (Å²) in [7, 11) is 0. The highest BCUT2D eigenvalue weighted by atomic mass is 16.5. The van der Waals surface area contributed by atoms with Crippen LogP contribution in [0.3, 0.4) is 0 Å². The molecule has 2 aromatic heterocycles. The van der Waals surface area contributed by atoms with Crippen LogP contribution in [0, 0.1) is 5.92 Å². The van der Waals surface area contributed by atoms with Crippen LogP contribution in [0.25, 0.3) is 16.9 Å². The van der Waals surface area contributed by atoms with Crippen LogP contribution < -0.4 is 15.4 Å². The van der Waals surface area contributed by atoms with Crippen molar-refractivity contribution in [3.63, 3.8) is 0 Å². The van der Waals surface area contributed by atoms with Gasteiger partial charge in [0, 0.05) is 30.0 Å². The highest BCUT2D eigenvalue weighted by Gasteiger charge is 2.20. The predicted octanol–water partition coefficient (Wildman–Crippen LogP) is 5.44. The largest absolute Gasteiger partial charge is 0.492 e. The van der Waals surface area contributed by atoms with Crippen LogP contribution in [0.5, 0.6) is 5.75 Å². The molecular weight excluding hydrogens is 436 g/mol. The molecule has 2 fully saturated rings. The number of anilines is 3. The Balaban J connectivity index is 1.13. The zero-order chi connectivity index (χ0) is 23.5. The summed E-state index contributed by atoms with van der Waals surface area (Å²) in [4.78, 5) is 7.15. The van der Waals surface area contributed by atoms with E-state index in [0.29, 0.717) is 5.95 Å². The van der Waals surface area contributed by atoms with Gasteiger partial charge in [0.1, 0.15) is 12.4 Å². The third-order valence-corrected chi connectivity index (χ3v) is 6.80. The lowest BCUT2D eigenvalue weighted by atomic mass is 10.1. The number of rotatable bonds is 10. The minimum atomic E-state index is 0.572. The summed E-state index contributed by atoms with van der Waals surface area (Å²) < 4.78 is 7.82. The van der Waals surface area contributed by atoms with Gasteiger partial charge in [-0.15, -0.1) is 5.10 Å². The van der Waals surface area contributed by atoms with Gasteiger partial charge in [-0.3, -0.25) is 4.90 Å². The first-order valence-electron chi connectivity index (χ1n) is 12.7. The van der Waals surface area contributed by atoms with Crippen molar-refractivity contribution in [2.24, 2.45) is 5.92 Å². The number of nitrogens with one attached hydrogen (secondary N) is 2. The topological polar surface area (TPSA) is 66.7 Å². The maximum absolute atomic E-state index is 5.92. The molecule has 0 radical (unpaired) electrons. The van der Waals surface area contributed by atoms with E-state index in [0.717, 1.165) is 59.6 Å². The molecule has 2 N–H and O–H groups in total. The molecule has 0 spiro atoms. The minimum Gasteiger partial charge on any atom is -0.492 e. The van der Waals surface area contributed by atoms with Gasteiger partial charge in [0.2, 0.25) is 5.95 Å². The molecule has 4 aromatic rings. The fraction of sp³-hybridized carbons (Fsp3) is 0.357. The van der Waals surface area contributed by atoms with Gasteiger partial charge in [-0.25, -0.2) is 4.52 Å². The van der Waals surface area contributed by atoms with E-state index in [4.69, 9.17) is 9.84 Å². The Morgan fingerprint density at radius 1 is 0.914 bits per heavy atom. The molecule has 1 aliphatic heterocycles. The first-order valence-corrected chi connectivity index (χ1v) is 12.7. The average Bonchev–Trinajstić information content (AvgIpc) is 3.39. The summed E-state index contributed by atoms with van der Waals surface area (Å²) in [6.07, 6.45) is 5.30. The van der Waals surface area contributed by atoms with Crippen LogP contribution in [0.4, 0.5) is 17.3 Å². The zero-order valence-corrected chi connectivity index (χ0v) is 20.0. The van der Waals surface area contributed by atoms with Crippen LogP contribution >= 0.6 is 0 Å². The molecule has 2 aromatic carbocycles. The Kier molecular flexibility index (Phi) is 6.24. The second-order valence-electron chi connectivity index (χ2n) is 9.57. The normalized spacial score (nSPS) is 16.0. The number of benzene rings is 2. The van der Waals surface area contributed by atoms with Gasteiger partial charge in [0.15, 0.2) is 5.65 Å². The van der Waals surface area contributed by atoms with E-state index in [1.54, 1.807) is 0 Å². The van der Waals surface area contributed by atoms with Gasteiger partial charge in [0.05, 0.1) is 5.69 Å². The summed E-state index contributed by atoms with van der Waals surface area (Å²) >= 11 is 0. The number of hydrogen-bond acceptors (Lipinski definition) is 6. The number of pyridine rings is 1.